The number of ether oxygens (including phenoxy) is 3. The minimum atomic E-state index is -1.08. The van der Waals surface area contributed by atoms with E-state index in [1.54, 1.807) is 60.7 Å². The summed E-state index contributed by atoms with van der Waals surface area (Å²) in [5.41, 5.74) is -0.691. The number of carbonyl (C=O) groups excluding carboxylic acids is 2. The summed E-state index contributed by atoms with van der Waals surface area (Å²) in [7, 11) is 0. The molecule has 9 nitrogen and oxygen atoms in total. The first-order valence-corrected chi connectivity index (χ1v) is 10.5. The van der Waals surface area contributed by atoms with Gasteiger partial charge in [0.25, 0.3) is 5.56 Å². The van der Waals surface area contributed by atoms with E-state index in [2.05, 4.69) is 4.98 Å². The van der Waals surface area contributed by atoms with Crippen LogP contribution in [0.25, 0.3) is 0 Å². The lowest BCUT2D eigenvalue weighted by molar-refractivity contribution is -0.0582. The van der Waals surface area contributed by atoms with Crippen LogP contribution in [0.2, 0.25) is 0 Å². The van der Waals surface area contributed by atoms with Crippen molar-refractivity contribution in [2.75, 3.05) is 6.61 Å². The summed E-state index contributed by atoms with van der Waals surface area (Å²) < 4.78 is 17.9. The molecule has 4 atom stereocenters. The fraction of sp³-hybridized carbons (Fsp3) is 0.217. The van der Waals surface area contributed by atoms with Crippen LogP contribution in [0.3, 0.4) is 0 Å². The summed E-state index contributed by atoms with van der Waals surface area (Å²) in [5, 5.41) is -1.01. The van der Waals surface area contributed by atoms with Crippen molar-refractivity contribution in [3.05, 3.63) is 105 Å². The molecule has 1 fully saturated rings. The maximum Gasteiger partial charge on any atom is 0.338 e. The van der Waals surface area contributed by atoms with E-state index in [0.717, 1.165) is 10.6 Å². The molecule has 170 valence electrons. The summed E-state index contributed by atoms with van der Waals surface area (Å²) in [4.78, 5) is 50.8. The van der Waals surface area contributed by atoms with E-state index in [9.17, 15) is 19.2 Å². The van der Waals surface area contributed by atoms with Crippen molar-refractivity contribution in [1.82, 2.24) is 9.55 Å². The maximum atomic E-state index is 12.6. The van der Waals surface area contributed by atoms with E-state index < -0.39 is 47.0 Å². The Hall–Kier alpha value is -3.69. The first-order chi connectivity index (χ1) is 15.9. The number of aromatic amines is 1. The van der Waals surface area contributed by atoms with Gasteiger partial charge in [0.05, 0.1) is 11.1 Å². The van der Waals surface area contributed by atoms with Crippen LogP contribution >= 0.6 is 11.6 Å². The molecule has 10 heteroatoms. The number of H-pyrrole nitrogens is 1. The average molecular weight is 471 g/mol. The number of hydrogen-bond donors (Lipinski definition) is 1. The first kappa shape index (κ1) is 22.5. The summed E-state index contributed by atoms with van der Waals surface area (Å²) in [6, 6.07) is 17.8. The van der Waals surface area contributed by atoms with Gasteiger partial charge in [0, 0.05) is 12.3 Å². The summed E-state index contributed by atoms with van der Waals surface area (Å²) >= 11 is 6.55. The number of esters is 2. The van der Waals surface area contributed by atoms with Crippen molar-refractivity contribution in [1.29, 1.82) is 0 Å². The molecule has 4 rings (SSSR count). The number of benzene rings is 2. The highest BCUT2D eigenvalue weighted by Crippen LogP contribution is 2.35. The Labute approximate surface area is 192 Å². The van der Waals surface area contributed by atoms with Gasteiger partial charge in [0.1, 0.15) is 18.1 Å². The normalized spacial score (nSPS) is 22.0. The second-order valence-corrected chi connectivity index (χ2v) is 7.73. The fourth-order valence-electron chi connectivity index (χ4n) is 3.40. The number of hydrogen-bond acceptors (Lipinski definition) is 7. The Bertz CT molecular complexity index is 1240. The molecule has 0 aliphatic carbocycles. The van der Waals surface area contributed by atoms with Crippen LogP contribution in [0, 0.1) is 0 Å². The van der Waals surface area contributed by atoms with E-state index in [1.807, 2.05) is 0 Å². The van der Waals surface area contributed by atoms with Crippen molar-refractivity contribution in [3.8, 4) is 0 Å². The molecule has 0 bridgehead atoms. The molecule has 0 radical (unpaired) electrons. The second-order valence-electron chi connectivity index (χ2n) is 7.23. The minimum Gasteiger partial charge on any atom is -0.459 e. The highest BCUT2D eigenvalue weighted by Gasteiger charge is 2.48. The van der Waals surface area contributed by atoms with Crippen molar-refractivity contribution >= 4 is 23.5 Å². The van der Waals surface area contributed by atoms with Crippen molar-refractivity contribution in [2.24, 2.45) is 0 Å². The van der Waals surface area contributed by atoms with Gasteiger partial charge >= 0.3 is 17.6 Å². The van der Waals surface area contributed by atoms with Gasteiger partial charge in [-0.15, -0.1) is 11.6 Å². The van der Waals surface area contributed by atoms with Crippen LogP contribution in [0.4, 0.5) is 0 Å². The van der Waals surface area contributed by atoms with Crippen LogP contribution in [-0.4, -0.2) is 45.7 Å². The number of alkyl halides is 1. The van der Waals surface area contributed by atoms with Gasteiger partial charge in [-0.25, -0.2) is 14.4 Å². The van der Waals surface area contributed by atoms with Crippen molar-refractivity contribution in [3.63, 3.8) is 0 Å². The highest BCUT2D eigenvalue weighted by atomic mass is 35.5. The Morgan fingerprint density at radius 3 is 2.15 bits per heavy atom. The SMILES string of the molecule is O=C(OC[C@@H]1O[C@H](n2ccc(=O)[nH]c2=O)C(Cl)[C@@H]1OC(=O)c1ccccc1)c1ccccc1. The third kappa shape index (κ3) is 5.05. The molecule has 0 spiro atoms. The number of aromatic nitrogens is 2. The van der Waals surface area contributed by atoms with E-state index in [1.165, 1.54) is 6.20 Å². The molecule has 1 N–H and O–H groups in total. The van der Waals surface area contributed by atoms with Crippen LogP contribution in [0.5, 0.6) is 0 Å². The molecule has 2 aromatic carbocycles. The predicted octanol–water partition coefficient (Wildman–Crippen LogP) is 2.12. The van der Waals surface area contributed by atoms with Crippen molar-refractivity contribution < 1.29 is 23.8 Å². The lowest BCUT2D eigenvalue weighted by Gasteiger charge is -2.20. The summed E-state index contributed by atoms with van der Waals surface area (Å²) in [6.07, 6.45) is -1.86. The van der Waals surface area contributed by atoms with Gasteiger partial charge in [-0.3, -0.25) is 14.3 Å². The second kappa shape index (κ2) is 9.85. The topological polar surface area (TPSA) is 117 Å². The molecule has 2 heterocycles. The van der Waals surface area contributed by atoms with Crippen LogP contribution < -0.4 is 11.2 Å². The maximum absolute atomic E-state index is 12.6. The van der Waals surface area contributed by atoms with E-state index in [4.69, 9.17) is 25.8 Å². The van der Waals surface area contributed by atoms with Crippen LogP contribution in [-0.2, 0) is 14.2 Å². The molecule has 1 aliphatic heterocycles. The third-order valence-electron chi connectivity index (χ3n) is 5.03. The Balaban J connectivity index is 1.56. The standard InChI is InChI=1S/C23H19ClN2O7/c24-18-19(33-22(29)15-9-5-2-6-10-15)16(13-31-21(28)14-7-3-1-4-8-14)32-20(18)26-12-11-17(27)25-23(26)30/h1-12,16,18-20H,13H2,(H,25,27,30)/t16-,18?,19+,20-/m0/s1. The first-order valence-electron chi connectivity index (χ1n) is 10.0. The number of nitrogens with zero attached hydrogens (tertiary/aromatic N) is 1. The molecule has 1 unspecified atom stereocenters. The average Bonchev–Trinajstić information content (AvgIpc) is 3.13. The van der Waals surface area contributed by atoms with Gasteiger partial charge in [-0.05, 0) is 24.3 Å². The Kier molecular flexibility index (Phi) is 6.71. The number of rotatable bonds is 6. The molecule has 33 heavy (non-hydrogen) atoms. The predicted molar refractivity (Wildman–Crippen MR) is 117 cm³/mol. The molecular weight excluding hydrogens is 452 g/mol. The Morgan fingerprint density at radius 1 is 0.939 bits per heavy atom. The lowest BCUT2D eigenvalue weighted by atomic mass is 10.1. The van der Waals surface area contributed by atoms with Gasteiger partial charge in [0.15, 0.2) is 12.3 Å². The van der Waals surface area contributed by atoms with E-state index in [0.29, 0.717) is 11.1 Å². The zero-order valence-electron chi connectivity index (χ0n) is 17.1. The summed E-state index contributed by atoms with van der Waals surface area (Å²) in [5.74, 6) is -1.24. The molecule has 3 aromatic rings. The van der Waals surface area contributed by atoms with Gasteiger partial charge < -0.3 is 14.2 Å². The highest BCUT2D eigenvalue weighted by molar-refractivity contribution is 6.21. The largest absolute Gasteiger partial charge is 0.459 e. The molecule has 0 amide bonds. The number of carbonyl (C=O) groups is 2. The summed E-state index contributed by atoms with van der Waals surface area (Å²) in [6.45, 7) is -0.279. The zero-order chi connectivity index (χ0) is 23.4. The van der Waals surface area contributed by atoms with Crippen molar-refractivity contribution in [2.45, 2.75) is 23.8 Å². The molecule has 0 saturated carbocycles. The van der Waals surface area contributed by atoms with Crippen LogP contribution in [0.1, 0.15) is 26.9 Å². The monoisotopic (exact) mass is 470 g/mol. The minimum absolute atomic E-state index is 0.279. The smallest absolute Gasteiger partial charge is 0.338 e. The molecule has 1 aromatic heterocycles. The molecular formula is C23H19ClN2O7. The number of halogens is 1. The van der Waals surface area contributed by atoms with Crippen LogP contribution in [0.15, 0.2) is 82.5 Å². The zero-order valence-corrected chi connectivity index (χ0v) is 17.9. The Morgan fingerprint density at radius 2 is 1.55 bits per heavy atom. The molecule has 1 aliphatic rings. The van der Waals surface area contributed by atoms with Gasteiger partial charge in [0.2, 0.25) is 0 Å². The lowest BCUT2D eigenvalue weighted by Crippen LogP contribution is -2.38. The van der Waals surface area contributed by atoms with E-state index >= 15 is 0 Å². The van der Waals surface area contributed by atoms with Gasteiger partial charge in [-0.1, -0.05) is 36.4 Å². The number of nitrogens with one attached hydrogen (secondary N) is 1. The van der Waals surface area contributed by atoms with Gasteiger partial charge in [-0.2, -0.15) is 0 Å². The fourth-order valence-corrected chi connectivity index (χ4v) is 3.80. The quantitative estimate of drug-likeness (QED) is 0.433. The molecule has 1 saturated heterocycles. The van der Waals surface area contributed by atoms with E-state index in [-0.39, 0.29) is 6.61 Å². The third-order valence-corrected chi connectivity index (χ3v) is 5.50.